The minimum absolute atomic E-state index is 0.0898. The van der Waals surface area contributed by atoms with Crippen LogP contribution in [-0.4, -0.2) is 28.6 Å². The van der Waals surface area contributed by atoms with Crippen molar-refractivity contribution in [3.05, 3.63) is 95.6 Å². The Morgan fingerprint density at radius 2 is 1.85 bits per heavy atom. The van der Waals surface area contributed by atoms with Gasteiger partial charge in [-0.15, -0.1) is 0 Å². The molecule has 1 aliphatic rings. The van der Waals surface area contributed by atoms with E-state index in [1.807, 2.05) is 67.1 Å². The number of anilines is 1. The van der Waals surface area contributed by atoms with Crippen LogP contribution in [0.1, 0.15) is 56.5 Å². The zero-order valence-corrected chi connectivity index (χ0v) is 22.6. The van der Waals surface area contributed by atoms with Crippen LogP contribution in [0.4, 0.5) is 11.4 Å². The van der Waals surface area contributed by atoms with E-state index in [-0.39, 0.29) is 18.5 Å². The maximum atomic E-state index is 13.1. The first-order valence-electron chi connectivity index (χ1n) is 13.7. The lowest BCUT2D eigenvalue weighted by atomic mass is 9.98. The van der Waals surface area contributed by atoms with Gasteiger partial charge in [0.2, 0.25) is 5.91 Å². The van der Waals surface area contributed by atoms with Gasteiger partial charge in [0.25, 0.3) is 0 Å². The summed E-state index contributed by atoms with van der Waals surface area (Å²) >= 11 is 0. The summed E-state index contributed by atoms with van der Waals surface area (Å²) in [5, 5.41) is 3.11. The summed E-state index contributed by atoms with van der Waals surface area (Å²) in [5.74, 6) is 1.58. The molecular weight excluding hydrogens is 486 g/mol. The number of hydrogen-bond donors (Lipinski definition) is 1. The normalized spacial score (nSPS) is 14.5. The number of carbonyl (C=O) groups is 1. The van der Waals surface area contributed by atoms with E-state index in [1.54, 1.807) is 12.1 Å². The van der Waals surface area contributed by atoms with Crippen molar-refractivity contribution < 1.29 is 9.53 Å². The van der Waals surface area contributed by atoms with Gasteiger partial charge in [-0.05, 0) is 74.6 Å². The van der Waals surface area contributed by atoms with Crippen molar-refractivity contribution in [1.82, 2.24) is 14.9 Å². The van der Waals surface area contributed by atoms with Crippen molar-refractivity contribution >= 4 is 28.3 Å². The number of nitrogens with zero attached hydrogens (tertiary/aromatic N) is 4. The van der Waals surface area contributed by atoms with Crippen LogP contribution in [0.5, 0.6) is 5.75 Å². The highest BCUT2D eigenvalue weighted by molar-refractivity contribution is 5.83. The highest BCUT2D eigenvalue weighted by Gasteiger charge is 2.18. The van der Waals surface area contributed by atoms with E-state index in [0.29, 0.717) is 23.9 Å². The third-order valence-electron chi connectivity index (χ3n) is 7.43. The molecule has 1 aromatic heterocycles. The molecule has 5 rings (SSSR count). The van der Waals surface area contributed by atoms with Crippen molar-refractivity contribution in [2.45, 2.75) is 64.3 Å². The highest BCUT2D eigenvalue weighted by atomic mass is 16.5. The Bertz CT molecular complexity index is 1450. The summed E-state index contributed by atoms with van der Waals surface area (Å²) in [6.45, 7) is 10.0. The Kier molecular flexibility index (Phi) is 8.12. The third-order valence-corrected chi connectivity index (χ3v) is 7.43. The predicted octanol–water partition coefficient (Wildman–Crippen LogP) is 6.81. The molecule has 0 radical (unpaired) electrons. The number of nitrogens with one attached hydrogen (secondary N) is 1. The average molecular weight is 522 g/mol. The van der Waals surface area contributed by atoms with E-state index >= 15 is 0 Å². The van der Waals surface area contributed by atoms with Gasteiger partial charge in [0.05, 0.1) is 36.3 Å². The Labute approximate surface area is 230 Å². The van der Waals surface area contributed by atoms with Crippen LogP contribution in [-0.2, 0) is 17.9 Å². The van der Waals surface area contributed by atoms with E-state index in [0.717, 1.165) is 41.2 Å². The van der Waals surface area contributed by atoms with Crippen molar-refractivity contribution in [1.29, 1.82) is 0 Å². The first kappa shape index (κ1) is 26.3. The first-order valence-corrected chi connectivity index (χ1v) is 13.7. The largest absolute Gasteiger partial charge is 0.490 e. The number of benzene rings is 3. The van der Waals surface area contributed by atoms with Crippen LogP contribution in [0.15, 0.2) is 72.8 Å². The maximum Gasteiger partial charge on any atom is 0.240 e. The highest BCUT2D eigenvalue weighted by Crippen LogP contribution is 2.27. The van der Waals surface area contributed by atoms with Crippen LogP contribution in [0.2, 0.25) is 0 Å². The third kappa shape index (κ3) is 6.40. The molecule has 1 atom stereocenters. The summed E-state index contributed by atoms with van der Waals surface area (Å²) in [6, 6.07) is 23.4. The molecule has 39 heavy (non-hydrogen) atoms. The van der Waals surface area contributed by atoms with Gasteiger partial charge in [-0.25, -0.2) is 9.83 Å². The van der Waals surface area contributed by atoms with Crippen LogP contribution < -0.4 is 15.0 Å². The average Bonchev–Trinajstić information content (AvgIpc) is 3.29. The molecule has 7 heteroatoms. The number of amides is 1. The lowest BCUT2D eigenvalue weighted by molar-refractivity contribution is -0.122. The molecule has 1 saturated carbocycles. The molecule has 0 aliphatic heterocycles. The fraction of sp³-hybridized carbons (Fsp3) is 0.344. The second-order valence-corrected chi connectivity index (χ2v) is 10.3. The van der Waals surface area contributed by atoms with Gasteiger partial charge in [-0.2, -0.15) is 0 Å². The van der Waals surface area contributed by atoms with Gasteiger partial charge >= 0.3 is 0 Å². The monoisotopic (exact) mass is 521 g/mol. The lowest BCUT2D eigenvalue weighted by Gasteiger charge is -2.24. The molecule has 0 bridgehead atoms. The van der Waals surface area contributed by atoms with Crippen molar-refractivity contribution in [3.8, 4) is 5.75 Å². The summed E-state index contributed by atoms with van der Waals surface area (Å²) in [4.78, 5) is 23.6. The van der Waals surface area contributed by atoms with Gasteiger partial charge in [0.1, 0.15) is 18.1 Å². The molecule has 0 unspecified atom stereocenters. The predicted molar refractivity (Wildman–Crippen MR) is 155 cm³/mol. The van der Waals surface area contributed by atoms with Crippen LogP contribution in [0.25, 0.3) is 15.9 Å². The molecular formula is C32H35N5O2. The van der Waals surface area contributed by atoms with Gasteiger partial charge in [0, 0.05) is 12.7 Å². The Morgan fingerprint density at radius 1 is 1.10 bits per heavy atom. The lowest BCUT2D eigenvalue weighted by Crippen LogP contribution is -2.31. The van der Waals surface area contributed by atoms with Gasteiger partial charge in [-0.1, -0.05) is 42.8 Å². The molecule has 0 saturated heterocycles. The van der Waals surface area contributed by atoms with E-state index < -0.39 is 0 Å². The van der Waals surface area contributed by atoms with E-state index in [9.17, 15) is 4.79 Å². The van der Waals surface area contributed by atoms with Gasteiger partial charge < -0.3 is 19.5 Å². The fourth-order valence-corrected chi connectivity index (χ4v) is 5.25. The Hall–Kier alpha value is -4.31. The summed E-state index contributed by atoms with van der Waals surface area (Å²) in [5.41, 5.74) is 4.17. The van der Waals surface area contributed by atoms with Crippen LogP contribution in [0, 0.1) is 6.57 Å². The fourth-order valence-electron chi connectivity index (χ4n) is 5.25. The van der Waals surface area contributed by atoms with Gasteiger partial charge in [0.15, 0.2) is 5.69 Å². The molecule has 4 aromatic rings. The number of carbonyl (C=O) groups excluding carboxylic acids is 1. The molecule has 0 spiro atoms. The standard InChI is InChI=1S/C32H35N5O2/c1-23(24-10-6-4-7-11-24)34-32(38)22-37-30-19-14-25(33-2)20-29(30)35-31(37)21-36(3)26-15-17-28(18-16-26)39-27-12-8-5-9-13-27/h4,6-7,10-11,14-20,23,27H,5,8-9,12-13,21-22H2,1,3H3,(H,34,38)/t23-/m0/s1. The molecule has 1 aliphatic carbocycles. The second kappa shape index (κ2) is 12.0. The Morgan fingerprint density at radius 3 is 2.56 bits per heavy atom. The van der Waals surface area contributed by atoms with E-state index in [4.69, 9.17) is 16.3 Å². The van der Waals surface area contributed by atoms with Gasteiger partial charge in [-0.3, -0.25) is 4.79 Å². The molecule has 3 aromatic carbocycles. The molecule has 1 amide bonds. The zero-order chi connectivity index (χ0) is 27.2. The number of imidazole rings is 1. The molecule has 1 heterocycles. The Balaban J connectivity index is 1.33. The number of aromatic nitrogens is 2. The minimum Gasteiger partial charge on any atom is -0.490 e. The maximum absolute atomic E-state index is 13.1. The minimum atomic E-state index is -0.109. The quantitative estimate of drug-likeness (QED) is 0.246. The van der Waals surface area contributed by atoms with E-state index in [1.165, 1.54) is 19.3 Å². The SMILES string of the molecule is [C-]#[N+]c1ccc2c(c1)nc(CN(C)c1ccc(OC3CCCCC3)cc1)n2CC(=O)N[C@@H](C)c1ccccc1. The number of fused-ring (bicyclic) bond motifs is 1. The number of ether oxygens (including phenoxy) is 1. The first-order chi connectivity index (χ1) is 19.0. The van der Waals surface area contributed by atoms with E-state index in [2.05, 4.69) is 27.2 Å². The van der Waals surface area contributed by atoms with Crippen LogP contribution in [0.3, 0.4) is 0 Å². The zero-order valence-electron chi connectivity index (χ0n) is 22.6. The van der Waals surface area contributed by atoms with Crippen molar-refractivity contribution in [2.24, 2.45) is 0 Å². The molecule has 200 valence electrons. The number of hydrogen-bond acceptors (Lipinski definition) is 4. The number of rotatable bonds is 9. The molecule has 7 nitrogen and oxygen atoms in total. The smallest absolute Gasteiger partial charge is 0.240 e. The summed E-state index contributed by atoms with van der Waals surface area (Å²) in [6.07, 6.45) is 6.37. The summed E-state index contributed by atoms with van der Waals surface area (Å²) < 4.78 is 8.14. The van der Waals surface area contributed by atoms with Crippen LogP contribution >= 0.6 is 0 Å². The second-order valence-electron chi connectivity index (χ2n) is 10.3. The summed E-state index contributed by atoms with van der Waals surface area (Å²) in [7, 11) is 2.02. The molecule has 1 fully saturated rings. The molecule has 1 N–H and O–H groups in total. The van der Waals surface area contributed by atoms with Crippen molar-refractivity contribution in [3.63, 3.8) is 0 Å². The van der Waals surface area contributed by atoms with Crippen molar-refractivity contribution in [2.75, 3.05) is 11.9 Å². The topological polar surface area (TPSA) is 63.8 Å².